The van der Waals surface area contributed by atoms with Gasteiger partial charge in [0.1, 0.15) is 6.61 Å². The average molecular weight is 323 g/mol. The summed E-state index contributed by atoms with van der Waals surface area (Å²) in [6.45, 7) is 4.11. The van der Waals surface area contributed by atoms with Crippen LogP contribution in [0, 0.1) is 3.57 Å². The van der Waals surface area contributed by atoms with Gasteiger partial charge in [0.15, 0.2) is 0 Å². The third-order valence-electron chi connectivity index (χ3n) is 1.72. The van der Waals surface area contributed by atoms with Crippen molar-refractivity contribution < 1.29 is 9.53 Å². The Balaban J connectivity index is 2.44. The fourth-order valence-electron chi connectivity index (χ4n) is 1.04. The molecule has 1 N–H and O–H groups in total. The van der Waals surface area contributed by atoms with Crippen molar-refractivity contribution in [2.75, 3.05) is 0 Å². The second kappa shape index (κ2) is 5.95. The van der Waals surface area contributed by atoms with E-state index in [1.54, 1.807) is 0 Å². The predicted octanol–water partition coefficient (Wildman–Crippen LogP) is 2.93. The van der Waals surface area contributed by atoms with Crippen molar-refractivity contribution in [3.63, 3.8) is 0 Å². The lowest BCUT2D eigenvalue weighted by Crippen LogP contribution is -2.30. The van der Waals surface area contributed by atoms with Gasteiger partial charge in [-0.15, -0.1) is 0 Å². The molecule has 0 aromatic heterocycles. The lowest BCUT2D eigenvalue weighted by Gasteiger charge is -2.09. The molecule has 0 bridgehead atoms. The van der Waals surface area contributed by atoms with Crippen LogP contribution in [0.15, 0.2) is 24.3 Å². The second-order valence-electron chi connectivity index (χ2n) is 3.47. The van der Waals surface area contributed by atoms with Crippen LogP contribution in [-0.4, -0.2) is 12.1 Å². The SMILES string of the molecule is CC(C)NC(=O)OCc1ccccc1[131I]. The van der Waals surface area contributed by atoms with Crippen LogP contribution in [0.2, 0.25) is 0 Å². The van der Waals surface area contributed by atoms with E-state index >= 15 is 0 Å². The van der Waals surface area contributed by atoms with Gasteiger partial charge in [-0.1, -0.05) is 18.2 Å². The topological polar surface area (TPSA) is 38.3 Å². The lowest BCUT2D eigenvalue weighted by molar-refractivity contribution is 0.137. The predicted molar refractivity (Wildman–Crippen MR) is 67.6 cm³/mol. The zero-order chi connectivity index (χ0) is 11.3. The summed E-state index contributed by atoms with van der Waals surface area (Å²) >= 11 is 2.22. The highest BCUT2D eigenvalue weighted by atomic mass is 131. The number of alkyl carbamates (subject to hydrolysis) is 1. The molecule has 1 aromatic carbocycles. The van der Waals surface area contributed by atoms with Crippen LogP contribution in [-0.2, 0) is 11.3 Å². The maximum absolute atomic E-state index is 11.2. The van der Waals surface area contributed by atoms with Gasteiger partial charge in [0, 0.05) is 15.2 Å². The standard InChI is InChI=1S/C11H14INO2/c1-8(2)13-11(14)15-7-9-5-3-4-6-10(9)12/h3-6,8H,7H2,1-2H3,(H,13,14)/i12+4. The monoisotopic (exact) mass is 323 g/mol. The maximum atomic E-state index is 11.2. The van der Waals surface area contributed by atoms with Crippen LogP contribution in [0.3, 0.4) is 0 Å². The lowest BCUT2D eigenvalue weighted by atomic mass is 10.2. The summed E-state index contributed by atoms with van der Waals surface area (Å²) in [5, 5.41) is 2.67. The minimum absolute atomic E-state index is 0.104. The van der Waals surface area contributed by atoms with Gasteiger partial charge in [-0.25, -0.2) is 4.79 Å². The summed E-state index contributed by atoms with van der Waals surface area (Å²) in [7, 11) is 0. The number of amides is 1. The van der Waals surface area contributed by atoms with Gasteiger partial charge >= 0.3 is 6.09 Å². The Morgan fingerprint density at radius 1 is 1.47 bits per heavy atom. The summed E-state index contributed by atoms with van der Waals surface area (Å²) in [6, 6.07) is 7.93. The number of ether oxygens (including phenoxy) is 1. The molecule has 0 spiro atoms. The number of hydrogen-bond donors (Lipinski definition) is 1. The Labute approximate surface area is 103 Å². The highest BCUT2D eigenvalue weighted by Crippen LogP contribution is 2.12. The molecule has 0 heterocycles. The molecule has 0 fully saturated rings. The number of halogens is 1. The van der Waals surface area contributed by atoms with Crippen LogP contribution in [0.5, 0.6) is 0 Å². The van der Waals surface area contributed by atoms with E-state index in [4.69, 9.17) is 4.74 Å². The molecule has 3 nitrogen and oxygen atoms in total. The molecule has 1 rings (SSSR count). The van der Waals surface area contributed by atoms with Crippen LogP contribution >= 0.6 is 22.6 Å². The number of hydrogen-bond acceptors (Lipinski definition) is 2. The van der Waals surface area contributed by atoms with Crippen LogP contribution in [0.4, 0.5) is 4.79 Å². The van der Waals surface area contributed by atoms with Crippen LogP contribution in [0.25, 0.3) is 0 Å². The molecule has 0 saturated heterocycles. The van der Waals surface area contributed by atoms with E-state index < -0.39 is 0 Å². The molecule has 1 aromatic rings. The van der Waals surface area contributed by atoms with E-state index in [0.29, 0.717) is 6.61 Å². The number of carbonyl (C=O) groups excluding carboxylic acids is 1. The van der Waals surface area contributed by atoms with Gasteiger partial charge in [0.05, 0.1) is 0 Å². The van der Waals surface area contributed by atoms with E-state index in [1.165, 1.54) is 0 Å². The molecule has 0 atom stereocenters. The minimum Gasteiger partial charge on any atom is -0.445 e. The smallest absolute Gasteiger partial charge is 0.407 e. The van der Waals surface area contributed by atoms with Crippen molar-refractivity contribution in [2.45, 2.75) is 26.5 Å². The van der Waals surface area contributed by atoms with Crippen LogP contribution < -0.4 is 5.32 Å². The largest absolute Gasteiger partial charge is 0.445 e. The Morgan fingerprint density at radius 2 is 2.13 bits per heavy atom. The van der Waals surface area contributed by atoms with Gasteiger partial charge in [-0.05, 0) is 42.5 Å². The van der Waals surface area contributed by atoms with E-state index in [-0.39, 0.29) is 12.1 Å². The Hall–Kier alpha value is -0.780. The summed E-state index contributed by atoms with van der Waals surface area (Å²) in [6.07, 6.45) is -0.371. The Kier molecular flexibility index (Phi) is 4.87. The first-order chi connectivity index (χ1) is 7.09. The normalized spacial score (nSPS) is 10.1. The number of nitrogens with one attached hydrogen (secondary N) is 1. The fraction of sp³-hybridized carbons (Fsp3) is 0.364. The first-order valence-corrected chi connectivity index (χ1v) is 5.84. The molecule has 4 heteroatoms. The molecular formula is C11H14INO2. The van der Waals surface area contributed by atoms with Gasteiger partial charge in [0.2, 0.25) is 0 Å². The van der Waals surface area contributed by atoms with Crippen LogP contribution in [0.1, 0.15) is 19.4 Å². The Bertz CT molecular complexity index is 339. The maximum Gasteiger partial charge on any atom is 0.407 e. The third kappa shape index (κ3) is 4.51. The zero-order valence-corrected chi connectivity index (χ0v) is 10.9. The van der Waals surface area contributed by atoms with E-state index in [2.05, 4.69) is 27.9 Å². The van der Waals surface area contributed by atoms with E-state index in [1.807, 2.05) is 38.1 Å². The van der Waals surface area contributed by atoms with Gasteiger partial charge < -0.3 is 10.1 Å². The molecular weight excluding hydrogens is 309 g/mol. The third-order valence-corrected chi connectivity index (χ3v) is 2.78. The number of benzene rings is 1. The van der Waals surface area contributed by atoms with E-state index in [9.17, 15) is 4.79 Å². The molecule has 0 aliphatic carbocycles. The quantitative estimate of drug-likeness (QED) is 0.869. The molecule has 0 saturated carbocycles. The minimum atomic E-state index is -0.371. The molecule has 0 radical (unpaired) electrons. The van der Waals surface area contributed by atoms with Crippen molar-refractivity contribution in [2.24, 2.45) is 0 Å². The van der Waals surface area contributed by atoms with Crippen molar-refractivity contribution in [3.8, 4) is 0 Å². The molecule has 0 unspecified atom stereocenters. The summed E-state index contributed by atoms with van der Waals surface area (Å²) in [4.78, 5) is 11.2. The number of carbonyl (C=O) groups is 1. The Morgan fingerprint density at radius 3 is 2.73 bits per heavy atom. The van der Waals surface area contributed by atoms with Crippen molar-refractivity contribution in [1.82, 2.24) is 5.32 Å². The van der Waals surface area contributed by atoms with Crippen molar-refractivity contribution in [1.29, 1.82) is 0 Å². The first kappa shape index (κ1) is 12.3. The van der Waals surface area contributed by atoms with E-state index in [0.717, 1.165) is 9.13 Å². The van der Waals surface area contributed by atoms with Crippen molar-refractivity contribution in [3.05, 3.63) is 33.4 Å². The van der Waals surface area contributed by atoms with Crippen molar-refractivity contribution >= 4 is 28.7 Å². The fourth-order valence-corrected chi connectivity index (χ4v) is 1.58. The molecule has 1 amide bonds. The molecule has 0 aliphatic rings. The summed E-state index contributed by atoms with van der Waals surface area (Å²) < 4.78 is 6.17. The summed E-state index contributed by atoms with van der Waals surface area (Å²) in [5.41, 5.74) is 1.03. The molecule has 82 valence electrons. The van der Waals surface area contributed by atoms with Gasteiger partial charge in [-0.3, -0.25) is 0 Å². The first-order valence-electron chi connectivity index (χ1n) is 4.76. The highest BCUT2D eigenvalue weighted by Gasteiger charge is 2.05. The molecule has 15 heavy (non-hydrogen) atoms. The highest BCUT2D eigenvalue weighted by molar-refractivity contribution is 14.1. The average Bonchev–Trinajstić information content (AvgIpc) is 2.15. The molecule has 0 aliphatic heterocycles. The number of rotatable bonds is 3. The second-order valence-corrected chi connectivity index (χ2v) is 4.63. The van der Waals surface area contributed by atoms with Gasteiger partial charge in [-0.2, -0.15) is 0 Å². The van der Waals surface area contributed by atoms with Gasteiger partial charge in [0.25, 0.3) is 0 Å². The summed E-state index contributed by atoms with van der Waals surface area (Å²) in [5.74, 6) is 0. The zero-order valence-electron chi connectivity index (χ0n) is 8.79.